The Hall–Kier alpha value is -1.35. The van der Waals surface area contributed by atoms with E-state index in [0.717, 1.165) is 18.7 Å². The first kappa shape index (κ1) is 15.7. The number of benzene rings is 1. The SMILES string of the molecule is CCCCCCCCNCc1cccc(C(=O)O)c1. The van der Waals surface area contributed by atoms with Gasteiger partial charge in [-0.2, -0.15) is 0 Å². The molecule has 106 valence electrons. The highest BCUT2D eigenvalue weighted by Crippen LogP contribution is 2.06. The van der Waals surface area contributed by atoms with E-state index in [1.54, 1.807) is 18.2 Å². The molecule has 0 atom stereocenters. The van der Waals surface area contributed by atoms with Crippen LogP contribution in [0, 0.1) is 0 Å². The van der Waals surface area contributed by atoms with Gasteiger partial charge in [0.15, 0.2) is 0 Å². The van der Waals surface area contributed by atoms with E-state index in [4.69, 9.17) is 5.11 Å². The zero-order chi connectivity index (χ0) is 13.9. The minimum absolute atomic E-state index is 0.360. The third-order valence-electron chi connectivity index (χ3n) is 3.21. The third-order valence-corrected chi connectivity index (χ3v) is 3.21. The van der Waals surface area contributed by atoms with E-state index in [9.17, 15) is 4.79 Å². The Morgan fingerprint density at radius 1 is 1.16 bits per heavy atom. The molecule has 3 heteroatoms. The van der Waals surface area contributed by atoms with Crippen molar-refractivity contribution in [2.75, 3.05) is 6.54 Å². The Labute approximate surface area is 116 Å². The number of nitrogens with one attached hydrogen (secondary N) is 1. The molecule has 0 aliphatic carbocycles. The summed E-state index contributed by atoms with van der Waals surface area (Å²) in [5.74, 6) is -0.863. The number of hydrogen-bond acceptors (Lipinski definition) is 2. The fraction of sp³-hybridized carbons (Fsp3) is 0.562. The van der Waals surface area contributed by atoms with Gasteiger partial charge in [-0.3, -0.25) is 0 Å². The lowest BCUT2D eigenvalue weighted by Crippen LogP contribution is -2.15. The fourth-order valence-electron chi connectivity index (χ4n) is 2.08. The van der Waals surface area contributed by atoms with Crippen molar-refractivity contribution in [1.82, 2.24) is 5.32 Å². The fourth-order valence-corrected chi connectivity index (χ4v) is 2.08. The average molecular weight is 263 g/mol. The van der Waals surface area contributed by atoms with Crippen LogP contribution in [0.5, 0.6) is 0 Å². The van der Waals surface area contributed by atoms with Crippen LogP contribution in [0.2, 0.25) is 0 Å². The highest BCUT2D eigenvalue weighted by atomic mass is 16.4. The number of hydrogen-bond donors (Lipinski definition) is 2. The van der Waals surface area contributed by atoms with E-state index >= 15 is 0 Å². The maximum absolute atomic E-state index is 10.8. The number of unbranched alkanes of at least 4 members (excludes halogenated alkanes) is 5. The van der Waals surface area contributed by atoms with E-state index in [0.29, 0.717) is 5.56 Å². The van der Waals surface area contributed by atoms with Gasteiger partial charge in [0, 0.05) is 6.54 Å². The van der Waals surface area contributed by atoms with E-state index < -0.39 is 5.97 Å². The molecule has 0 aliphatic heterocycles. The Morgan fingerprint density at radius 2 is 1.89 bits per heavy atom. The summed E-state index contributed by atoms with van der Waals surface area (Å²) < 4.78 is 0. The topological polar surface area (TPSA) is 49.3 Å². The largest absolute Gasteiger partial charge is 0.478 e. The zero-order valence-electron chi connectivity index (χ0n) is 11.8. The smallest absolute Gasteiger partial charge is 0.335 e. The normalized spacial score (nSPS) is 10.6. The molecular formula is C16H25NO2. The molecule has 0 heterocycles. The molecule has 0 radical (unpaired) electrons. The minimum atomic E-state index is -0.863. The van der Waals surface area contributed by atoms with Gasteiger partial charge in [-0.05, 0) is 30.7 Å². The number of rotatable bonds is 10. The molecule has 0 unspecified atom stereocenters. The summed E-state index contributed by atoms with van der Waals surface area (Å²) >= 11 is 0. The van der Waals surface area contributed by atoms with Gasteiger partial charge in [0.2, 0.25) is 0 Å². The summed E-state index contributed by atoms with van der Waals surface area (Å²) in [7, 11) is 0. The van der Waals surface area contributed by atoms with Crippen molar-refractivity contribution in [1.29, 1.82) is 0 Å². The Morgan fingerprint density at radius 3 is 2.63 bits per heavy atom. The highest BCUT2D eigenvalue weighted by Gasteiger charge is 2.02. The Bertz CT molecular complexity index is 377. The van der Waals surface area contributed by atoms with Crippen molar-refractivity contribution in [2.45, 2.75) is 52.0 Å². The molecule has 0 aromatic heterocycles. The summed E-state index contributed by atoms with van der Waals surface area (Å²) in [6.45, 7) is 3.98. The van der Waals surface area contributed by atoms with Crippen LogP contribution in [0.3, 0.4) is 0 Å². The van der Waals surface area contributed by atoms with Crippen LogP contribution in [-0.2, 0) is 6.54 Å². The van der Waals surface area contributed by atoms with E-state index in [1.165, 1.54) is 38.5 Å². The molecule has 0 fully saturated rings. The van der Waals surface area contributed by atoms with E-state index in [2.05, 4.69) is 12.2 Å². The molecule has 0 bridgehead atoms. The quantitative estimate of drug-likeness (QED) is 0.631. The molecule has 3 nitrogen and oxygen atoms in total. The van der Waals surface area contributed by atoms with Crippen LogP contribution in [-0.4, -0.2) is 17.6 Å². The minimum Gasteiger partial charge on any atom is -0.478 e. The molecule has 2 N–H and O–H groups in total. The monoisotopic (exact) mass is 263 g/mol. The van der Waals surface area contributed by atoms with Crippen LogP contribution in [0.4, 0.5) is 0 Å². The van der Waals surface area contributed by atoms with Gasteiger partial charge in [-0.15, -0.1) is 0 Å². The van der Waals surface area contributed by atoms with Crippen LogP contribution >= 0.6 is 0 Å². The number of carboxylic acids is 1. The van der Waals surface area contributed by atoms with Crippen LogP contribution in [0.15, 0.2) is 24.3 Å². The van der Waals surface area contributed by atoms with Crippen molar-refractivity contribution >= 4 is 5.97 Å². The Balaban J connectivity index is 2.12. The van der Waals surface area contributed by atoms with Gasteiger partial charge in [0.1, 0.15) is 0 Å². The lowest BCUT2D eigenvalue weighted by atomic mass is 10.1. The lowest BCUT2D eigenvalue weighted by Gasteiger charge is -2.06. The Kier molecular flexibility index (Phi) is 7.91. The molecule has 0 amide bonds. The summed E-state index contributed by atoms with van der Waals surface area (Å²) in [6.07, 6.45) is 7.78. The highest BCUT2D eigenvalue weighted by molar-refractivity contribution is 5.87. The second kappa shape index (κ2) is 9.56. The summed E-state index contributed by atoms with van der Waals surface area (Å²) in [6, 6.07) is 7.11. The molecular weight excluding hydrogens is 238 g/mol. The lowest BCUT2D eigenvalue weighted by molar-refractivity contribution is 0.0696. The second-order valence-electron chi connectivity index (χ2n) is 4.95. The molecule has 19 heavy (non-hydrogen) atoms. The molecule has 1 aromatic rings. The molecule has 1 rings (SSSR count). The van der Waals surface area contributed by atoms with Gasteiger partial charge >= 0.3 is 5.97 Å². The maximum Gasteiger partial charge on any atom is 0.335 e. The standard InChI is InChI=1S/C16H25NO2/c1-2-3-4-5-6-7-11-17-13-14-9-8-10-15(12-14)16(18)19/h8-10,12,17H,2-7,11,13H2,1H3,(H,18,19). The summed E-state index contributed by atoms with van der Waals surface area (Å²) in [5.41, 5.74) is 1.39. The average Bonchev–Trinajstić information content (AvgIpc) is 2.42. The van der Waals surface area contributed by atoms with E-state index in [1.807, 2.05) is 6.07 Å². The third kappa shape index (κ3) is 6.97. The molecule has 0 saturated carbocycles. The first-order valence-electron chi connectivity index (χ1n) is 7.27. The van der Waals surface area contributed by atoms with Crippen molar-refractivity contribution in [3.05, 3.63) is 35.4 Å². The van der Waals surface area contributed by atoms with Gasteiger partial charge in [0.05, 0.1) is 5.56 Å². The number of carbonyl (C=O) groups is 1. The van der Waals surface area contributed by atoms with Crippen LogP contribution in [0.25, 0.3) is 0 Å². The zero-order valence-corrected chi connectivity index (χ0v) is 11.8. The first-order chi connectivity index (χ1) is 9.24. The van der Waals surface area contributed by atoms with Crippen molar-refractivity contribution in [3.8, 4) is 0 Å². The van der Waals surface area contributed by atoms with Gasteiger partial charge in [0.25, 0.3) is 0 Å². The number of aromatic carboxylic acids is 1. The summed E-state index contributed by atoms with van der Waals surface area (Å²) in [4.78, 5) is 10.8. The van der Waals surface area contributed by atoms with Crippen molar-refractivity contribution < 1.29 is 9.90 Å². The number of carboxylic acid groups (broad SMARTS) is 1. The molecule has 0 spiro atoms. The predicted octanol–water partition coefficient (Wildman–Crippen LogP) is 3.83. The molecule has 0 saturated heterocycles. The van der Waals surface area contributed by atoms with Crippen molar-refractivity contribution in [3.63, 3.8) is 0 Å². The van der Waals surface area contributed by atoms with E-state index in [-0.39, 0.29) is 0 Å². The molecule has 1 aromatic carbocycles. The predicted molar refractivity (Wildman–Crippen MR) is 78.5 cm³/mol. The van der Waals surface area contributed by atoms with Crippen LogP contribution < -0.4 is 5.32 Å². The van der Waals surface area contributed by atoms with Crippen LogP contribution in [0.1, 0.15) is 61.4 Å². The first-order valence-corrected chi connectivity index (χ1v) is 7.27. The molecule has 0 aliphatic rings. The van der Waals surface area contributed by atoms with Gasteiger partial charge in [-0.25, -0.2) is 4.79 Å². The maximum atomic E-state index is 10.8. The van der Waals surface area contributed by atoms with Crippen molar-refractivity contribution in [2.24, 2.45) is 0 Å². The van der Waals surface area contributed by atoms with Gasteiger partial charge in [-0.1, -0.05) is 51.2 Å². The second-order valence-corrected chi connectivity index (χ2v) is 4.95. The van der Waals surface area contributed by atoms with Gasteiger partial charge < -0.3 is 10.4 Å². The summed E-state index contributed by atoms with van der Waals surface area (Å²) in [5, 5.41) is 12.3.